The SMILES string of the molecule is CCc1cc2c3c(c1)/C(=C1/SC(=O)NC1=O)C(=O)N3C(C)(C)C=C2CSc1ccccc1C(=O)O. The van der Waals surface area contributed by atoms with Crippen LogP contribution in [-0.4, -0.2) is 39.4 Å². The number of nitrogens with zero attached hydrogens (tertiary/aromatic N) is 1. The molecule has 9 heteroatoms. The highest BCUT2D eigenvalue weighted by Gasteiger charge is 2.48. The molecule has 178 valence electrons. The summed E-state index contributed by atoms with van der Waals surface area (Å²) < 4.78 is 0. The Labute approximate surface area is 210 Å². The lowest BCUT2D eigenvalue weighted by molar-refractivity contribution is -0.116. The van der Waals surface area contributed by atoms with Crippen molar-refractivity contribution in [3.05, 3.63) is 69.6 Å². The molecule has 2 aromatic rings. The lowest BCUT2D eigenvalue weighted by Gasteiger charge is -2.39. The number of carboxylic acids is 1. The number of thioether (sulfide) groups is 2. The molecule has 7 nitrogen and oxygen atoms in total. The van der Waals surface area contributed by atoms with Gasteiger partial charge in [-0.2, -0.15) is 0 Å². The summed E-state index contributed by atoms with van der Waals surface area (Å²) in [5.74, 6) is -1.32. The normalized spacial score (nSPS) is 20.1. The van der Waals surface area contributed by atoms with Crippen LogP contribution in [0.1, 0.15) is 47.8 Å². The fraction of sp³-hybridized carbons (Fsp3) is 0.231. The lowest BCUT2D eigenvalue weighted by Crippen LogP contribution is -2.46. The quantitative estimate of drug-likeness (QED) is 0.437. The summed E-state index contributed by atoms with van der Waals surface area (Å²) in [6.07, 6.45) is 2.76. The molecule has 0 aliphatic carbocycles. The van der Waals surface area contributed by atoms with E-state index in [1.165, 1.54) is 11.8 Å². The Morgan fingerprint density at radius 1 is 1.14 bits per heavy atom. The summed E-state index contributed by atoms with van der Waals surface area (Å²) >= 11 is 2.20. The summed E-state index contributed by atoms with van der Waals surface area (Å²) in [7, 11) is 0. The first-order chi connectivity index (χ1) is 16.6. The Kier molecular flexibility index (Phi) is 5.64. The van der Waals surface area contributed by atoms with Crippen molar-refractivity contribution in [1.29, 1.82) is 0 Å². The van der Waals surface area contributed by atoms with Gasteiger partial charge in [0.05, 0.1) is 27.3 Å². The molecule has 1 saturated heterocycles. The molecule has 0 spiro atoms. The number of carbonyl (C=O) groups is 4. The number of hydrogen-bond acceptors (Lipinski definition) is 6. The number of amides is 3. The van der Waals surface area contributed by atoms with E-state index in [9.17, 15) is 24.3 Å². The van der Waals surface area contributed by atoms with Crippen LogP contribution in [0.2, 0.25) is 0 Å². The zero-order valence-corrected chi connectivity index (χ0v) is 20.9. The van der Waals surface area contributed by atoms with Crippen LogP contribution in [0.15, 0.2) is 52.3 Å². The lowest BCUT2D eigenvalue weighted by atomic mass is 9.87. The molecule has 0 atom stereocenters. The molecule has 0 saturated carbocycles. The van der Waals surface area contributed by atoms with E-state index in [0.29, 0.717) is 16.2 Å². The molecule has 2 aromatic carbocycles. The average molecular weight is 507 g/mol. The number of carbonyl (C=O) groups excluding carboxylic acids is 3. The molecule has 0 bridgehead atoms. The van der Waals surface area contributed by atoms with E-state index in [2.05, 4.69) is 11.4 Å². The van der Waals surface area contributed by atoms with E-state index >= 15 is 0 Å². The second-order valence-corrected chi connectivity index (χ2v) is 11.0. The Morgan fingerprint density at radius 2 is 1.86 bits per heavy atom. The van der Waals surface area contributed by atoms with Gasteiger partial charge in [0, 0.05) is 21.8 Å². The van der Waals surface area contributed by atoms with Crippen LogP contribution < -0.4 is 10.2 Å². The van der Waals surface area contributed by atoms with Crippen molar-refractivity contribution >= 4 is 63.4 Å². The number of aryl methyl sites for hydroxylation is 1. The second-order valence-electron chi connectivity index (χ2n) is 8.99. The molecule has 3 aliphatic rings. The van der Waals surface area contributed by atoms with E-state index in [0.717, 1.165) is 40.6 Å². The molecule has 0 radical (unpaired) electrons. The fourth-order valence-electron chi connectivity index (χ4n) is 4.76. The van der Waals surface area contributed by atoms with Crippen molar-refractivity contribution in [2.75, 3.05) is 10.7 Å². The molecule has 3 amide bonds. The maximum atomic E-state index is 13.7. The van der Waals surface area contributed by atoms with Gasteiger partial charge < -0.3 is 5.11 Å². The maximum Gasteiger partial charge on any atom is 0.336 e. The van der Waals surface area contributed by atoms with Crippen LogP contribution in [0, 0.1) is 0 Å². The molecule has 35 heavy (non-hydrogen) atoms. The van der Waals surface area contributed by atoms with Gasteiger partial charge in [0.1, 0.15) is 0 Å². The van der Waals surface area contributed by atoms with Crippen molar-refractivity contribution in [3.8, 4) is 0 Å². The monoisotopic (exact) mass is 506 g/mol. The number of hydrogen-bond donors (Lipinski definition) is 2. The van der Waals surface area contributed by atoms with Gasteiger partial charge in [-0.25, -0.2) is 4.79 Å². The van der Waals surface area contributed by atoms with E-state index in [1.807, 2.05) is 39.0 Å². The van der Waals surface area contributed by atoms with Gasteiger partial charge in [0.25, 0.3) is 17.1 Å². The smallest absolute Gasteiger partial charge is 0.336 e. The first kappa shape index (κ1) is 23.4. The van der Waals surface area contributed by atoms with Crippen LogP contribution in [-0.2, 0) is 16.0 Å². The zero-order valence-electron chi connectivity index (χ0n) is 19.3. The van der Waals surface area contributed by atoms with Gasteiger partial charge in [-0.15, -0.1) is 11.8 Å². The van der Waals surface area contributed by atoms with Gasteiger partial charge in [-0.05, 0) is 67.4 Å². The van der Waals surface area contributed by atoms with E-state index in [1.54, 1.807) is 23.1 Å². The minimum absolute atomic E-state index is 0.131. The summed E-state index contributed by atoms with van der Waals surface area (Å²) in [5.41, 5.74) is 4.08. The standard InChI is InChI=1S/C26H22N2O5S2/c1-4-13-9-16-14(12-34-18-8-6-5-7-15(18)24(31)32)11-26(2,3)28-20(16)17(10-13)19(23(28)30)21-22(29)27-25(33)35-21/h5-11H,4,12H2,1-3H3,(H,31,32)(H,27,29,33)/b21-19-. The number of anilines is 1. The summed E-state index contributed by atoms with van der Waals surface area (Å²) in [4.78, 5) is 52.3. The Morgan fingerprint density at radius 3 is 2.51 bits per heavy atom. The molecular formula is C26H22N2O5S2. The van der Waals surface area contributed by atoms with Crippen LogP contribution >= 0.6 is 23.5 Å². The van der Waals surface area contributed by atoms with Crippen LogP contribution in [0.4, 0.5) is 10.5 Å². The molecule has 3 aliphatic heterocycles. The number of rotatable bonds is 5. The maximum absolute atomic E-state index is 13.7. The Hall–Kier alpha value is -3.30. The van der Waals surface area contributed by atoms with Crippen molar-refractivity contribution in [1.82, 2.24) is 5.32 Å². The number of aromatic carboxylic acids is 1. The number of nitrogens with one attached hydrogen (secondary N) is 1. The number of benzene rings is 2. The van der Waals surface area contributed by atoms with Gasteiger partial charge in [-0.3, -0.25) is 24.6 Å². The third-order valence-corrected chi connectivity index (χ3v) is 8.29. The highest BCUT2D eigenvalue weighted by atomic mass is 32.2. The summed E-state index contributed by atoms with van der Waals surface area (Å²) in [6.45, 7) is 5.88. The van der Waals surface area contributed by atoms with E-state index in [-0.39, 0.29) is 21.9 Å². The highest BCUT2D eigenvalue weighted by molar-refractivity contribution is 8.18. The molecule has 2 N–H and O–H groups in total. The van der Waals surface area contributed by atoms with Crippen LogP contribution in [0.5, 0.6) is 0 Å². The average Bonchev–Trinajstić information content (AvgIpc) is 3.30. The van der Waals surface area contributed by atoms with E-state index < -0.39 is 22.7 Å². The van der Waals surface area contributed by atoms with Crippen molar-refractivity contribution in [2.45, 2.75) is 37.6 Å². The Bertz CT molecular complexity index is 1410. The van der Waals surface area contributed by atoms with Crippen molar-refractivity contribution in [2.24, 2.45) is 0 Å². The molecule has 0 unspecified atom stereocenters. The third-order valence-electron chi connectivity index (χ3n) is 6.28. The number of imide groups is 1. The van der Waals surface area contributed by atoms with Gasteiger partial charge in [0.15, 0.2) is 0 Å². The van der Waals surface area contributed by atoms with Gasteiger partial charge in [0.2, 0.25) is 0 Å². The fourth-order valence-corrected chi connectivity index (χ4v) is 6.57. The summed E-state index contributed by atoms with van der Waals surface area (Å²) in [5, 5.41) is 11.3. The summed E-state index contributed by atoms with van der Waals surface area (Å²) in [6, 6.07) is 10.9. The van der Waals surface area contributed by atoms with E-state index in [4.69, 9.17) is 0 Å². The Balaban J connectivity index is 1.65. The van der Waals surface area contributed by atoms with Gasteiger partial charge >= 0.3 is 5.97 Å². The first-order valence-corrected chi connectivity index (χ1v) is 12.9. The zero-order chi connectivity index (χ0) is 25.1. The molecule has 1 fully saturated rings. The highest BCUT2D eigenvalue weighted by Crippen LogP contribution is 2.52. The third kappa shape index (κ3) is 3.79. The van der Waals surface area contributed by atoms with Crippen LogP contribution in [0.3, 0.4) is 0 Å². The topological polar surface area (TPSA) is 104 Å². The second kappa shape index (κ2) is 8.42. The molecular weight excluding hydrogens is 484 g/mol. The van der Waals surface area contributed by atoms with Gasteiger partial charge in [-0.1, -0.05) is 25.1 Å². The van der Waals surface area contributed by atoms with Crippen molar-refractivity contribution < 1.29 is 24.3 Å². The predicted molar refractivity (Wildman–Crippen MR) is 138 cm³/mol. The molecule has 5 rings (SSSR count). The minimum Gasteiger partial charge on any atom is -0.478 e. The van der Waals surface area contributed by atoms with Crippen LogP contribution in [0.25, 0.3) is 11.1 Å². The minimum atomic E-state index is -0.977. The molecule has 0 aromatic heterocycles. The number of carboxylic acid groups (broad SMARTS) is 1. The first-order valence-electron chi connectivity index (χ1n) is 11.1. The molecule has 3 heterocycles. The largest absolute Gasteiger partial charge is 0.478 e. The predicted octanol–water partition coefficient (Wildman–Crippen LogP) is 4.96. The van der Waals surface area contributed by atoms with Crippen molar-refractivity contribution in [3.63, 3.8) is 0 Å².